The van der Waals surface area contributed by atoms with Crippen LogP contribution in [0.25, 0.3) is 0 Å². The number of nitrogens with one attached hydrogen (secondary N) is 2. The molecule has 2 N–H and O–H groups in total. The zero-order valence-corrected chi connectivity index (χ0v) is 13.8. The van der Waals surface area contributed by atoms with Crippen LogP contribution in [-0.4, -0.2) is 46.8 Å². The van der Waals surface area contributed by atoms with Crippen molar-refractivity contribution in [1.29, 1.82) is 0 Å². The van der Waals surface area contributed by atoms with Gasteiger partial charge >= 0.3 is 6.09 Å². The number of piperidine rings is 1. The van der Waals surface area contributed by atoms with Crippen LogP contribution in [0.1, 0.15) is 59.3 Å². The molecule has 0 bridgehead atoms. The van der Waals surface area contributed by atoms with Crippen LogP contribution in [0.3, 0.4) is 0 Å². The minimum absolute atomic E-state index is 0.149. The summed E-state index contributed by atoms with van der Waals surface area (Å²) >= 11 is 0. The lowest BCUT2D eigenvalue weighted by Crippen LogP contribution is -2.59. The number of likely N-dealkylation sites (tertiary alicyclic amines) is 1. The van der Waals surface area contributed by atoms with Gasteiger partial charge in [0.25, 0.3) is 0 Å². The molecule has 1 saturated carbocycles. The van der Waals surface area contributed by atoms with Crippen molar-refractivity contribution in [2.45, 2.75) is 76.1 Å². The largest absolute Gasteiger partial charge is 0.444 e. The fourth-order valence-electron chi connectivity index (χ4n) is 3.86. The first-order valence-corrected chi connectivity index (χ1v) is 8.34. The van der Waals surface area contributed by atoms with Crippen LogP contribution in [0.4, 0.5) is 4.79 Å². The number of nitrogens with zero attached hydrogens (tertiary/aromatic N) is 1. The lowest BCUT2D eigenvalue weighted by molar-refractivity contribution is -0.124. The Morgan fingerprint density at radius 3 is 2.27 bits per heavy atom. The molecule has 2 aliphatic heterocycles. The summed E-state index contributed by atoms with van der Waals surface area (Å²) in [5, 5.41) is 6.78. The highest BCUT2D eigenvalue weighted by atomic mass is 16.6. The minimum Gasteiger partial charge on any atom is -0.444 e. The maximum absolute atomic E-state index is 12.4. The topological polar surface area (TPSA) is 70.7 Å². The smallest absolute Gasteiger partial charge is 0.410 e. The van der Waals surface area contributed by atoms with Gasteiger partial charge in [-0.05, 0) is 33.6 Å². The van der Waals surface area contributed by atoms with E-state index in [1.807, 2.05) is 20.8 Å². The van der Waals surface area contributed by atoms with E-state index in [4.69, 9.17) is 4.74 Å². The van der Waals surface area contributed by atoms with Crippen LogP contribution in [0, 0.1) is 0 Å². The van der Waals surface area contributed by atoms with E-state index in [0.29, 0.717) is 13.1 Å². The van der Waals surface area contributed by atoms with Crippen LogP contribution in [0.15, 0.2) is 0 Å². The number of hydrogen-bond acceptors (Lipinski definition) is 4. The molecule has 22 heavy (non-hydrogen) atoms. The Morgan fingerprint density at radius 1 is 1.14 bits per heavy atom. The second-order valence-electron chi connectivity index (χ2n) is 7.92. The quantitative estimate of drug-likeness (QED) is 0.715. The normalized spacial score (nSPS) is 26.5. The first-order valence-electron chi connectivity index (χ1n) is 8.34. The Bertz CT molecular complexity index is 470. The van der Waals surface area contributed by atoms with Crippen LogP contribution in [-0.2, 0) is 9.53 Å². The Hall–Kier alpha value is -1.30. The van der Waals surface area contributed by atoms with Gasteiger partial charge in [0.2, 0.25) is 5.91 Å². The molecule has 2 spiro atoms. The molecule has 3 fully saturated rings. The second kappa shape index (κ2) is 5.11. The van der Waals surface area contributed by atoms with Gasteiger partial charge in [0, 0.05) is 25.9 Å². The number of hydrogen-bond donors (Lipinski definition) is 2. The number of carbonyl (C=O) groups is 2. The maximum Gasteiger partial charge on any atom is 0.410 e. The van der Waals surface area contributed by atoms with E-state index in [9.17, 15) is 9.59 Å². The molecule has 0 atom stereocenters. The molecule has 2 amide bonds. The minimum atomic E-state index is -0.472. The molecule has 6 heteroatoms. The second-order valence-corrected chi connectivity index (χ2v) is 7.92. The third kappa shape index (κ3) is 2.81. The Balaban J connectivity index is 1.60. The highest BCUT2D eigenvalue weighted by Crippen LogP contribution is 2.38. The van der Waals surface area contributed by atoms with Crippen LogP contribution in [0.2, 0.25) is 0 Å². The zero-order valence-electron chi connectivity index (χ0n) is 13.8. The van der Waals surface area contributed by atoms with Crippen molar-refractivity contribution in [2.75, 3.05) is 13.1 Å². The summed E-state index contributed by atoms with van der Waals surface area (Å²) in [6.45, 7) is 6.84. The molecule has 0 aromatic heterocycles. The molecular weight excluding hydrogens is 282 g/mol. The first kappa shape index (κ1) is 15.6. The van der Waals surface area contributed by atoms with Gasteiger partial charge in [0.05, 0.1) is 11.2 Å². The van der Waals surface area contributed by atoms with E-state index in [2.05, 4.69) is 10.6 Å². The average Bonchev–Trinajstić information content (AvgIpc) is 2.96. The number of carbonyl (C=O) groups excluding carboxylic acids is 2. The highest BCUT2D eigenvalue weighted by molar-refractivity contribution is 5.89. The number of amides is 2. The third-order valence-corrected chi connectivity index (χ3v) is 4.99. The molecular formula is C16H27N3O3. The molecule has 0 radical (unpaired) electrons. The fraction of sp³-hybridized carbons (Fsp3) is 0.875. The molecule has 2 saturated heterocycles. The van der Waals surface area contributed by atoms with Crippen LogP contribution < -0.4 is 10.6 Å². The molecule has 6 nitrogen and oxygen atoms in total. The first-order chi connectivity index (χ1) is 10.2. The van der Waals surface area contributed by atoms with E-state index in [1.165, 1.54) is 0 Å². The van der Waals surface area contributed by atoms with Gasteiger partial charge in [-0.15, -0.1) is 0 Å². The van der Waals surface area contributed by atoms with E-state index in [0.717, 1.165) is 38.5 Å². The Kier molecular flexibility index (Phi) is 3.62. The summed E-state index contributed by atoms with van der Waals surface area (Å²) in [6, 6.07) is 0. The summed E-state index contributed by atoms with van der Waals surface area (Å²) in [4.78, 5) is 26.3. The Labute approximate surface area is 131 Å². The van der Waals surface area contributed by atoms with Crippen molar-refractivity contribution in [1.82, 2.24) is 15.5 Å². The van der Waals surface area contributed by atoms with Crippen molar-refractivity contribution < 1.29 is 14.3 Å². The van der Waals surface area contributed by atoms with Gasteiger partial charge in [0.15, 0.2) is 0 Å². The summed E-state index contributed by atoms with van der Waals surface area (Å²) < 4.78 is 5.42. The van der Waals surface area contributed by atoms with Gasteiger partial charge in [0.1, 0.15) is 5.60 Å². The lowest BCUT2D eigenvalue weighted by atomic mass is 9.94. The van der Waals surface area contributed by atoms with Crippen molar-refractivity contribution >= 4 is 12.0 Å². The molecule has 3 rings (SSSR count). The third-order valence-electron chi connectivity index (χ3n) is 4.99. The number of ether oxygens (including phenoxy) is 1. The Morgan fingerprint density at radius 2 is 1.73 bits per heavy atom. The van der Waals surface area contributed by atoms with Crippen molar-refractivity contribution in [3.63, 3.8) is 0 Å². The van der Waals surface area contributed by atoms with Gasteiger partial charge in [-0.2, -0.15) is 0 Å². The maximum atomic E-state index is 12.4. The van der Waals surface area contributed by atoms with Gasteiger partial charge in [-0.25, -0.2) is 4.79 Å². The molecule has 3 aliphatic rings. The summed E-state index contributed by atoms with van der Waals surface area (Å²) in [7, 11) is 0. The predicted octanol–water partition coefficient (Wildman–Crippen LogP) is 1.75. The van der Waals surface area contributed by atoms with Crippen molar-refractivity contribution in [3.05, 3.63) is 0 Å². The van der Waals surface area contributed by atoms with Crippen molar-refractivity contribution in [2.24, 2.45) is 0 Å². The fourth-order valence-corrected chi connectivity index (χ4v) is 3.86. The van der Waals surface area contributed by atoms with E-state index < -0.39 is 5.60 Å². The van der Waals surface area contributed by atoms with E-state index >= 15 is 0 Å². The highest BCUT2D eigenvalue weighted by Gasteiger charge is 2.55. The molecule has 1 aliphatic carbocycles. The standard InChI is InChI=1S/C16H27N3O3/c1-14(2,3)22-13(21)19-10-8-16(9-11-19)17-12(20)15(18-16)6-4-5-7-15/h18H,4-11H2,1-3H3,(H,17,20). The van der Waals surface area contributed by atoms with Gasteiger partial charge in [-0.1, -0.05) is 12.8 Å². The average molecular weight is 309 g/mol. The molecule has 0 unspecified atom stereocenters. The summed E-state index contributed by atoms with van der Waals surface area (Å²) in [6.07, 6.45) is 5.29. The van der Waals surface area contributed by atoms with Gasteiger partial charge < -0.3 is 15.0 Å². The molecule has 0 aromatic rings. The van der Waals surface area contributed by atoms with Gasteiger partial charge in [-0.3, -0.25) is 10.1 Å². The number of rotatable bonds is 0. The SMILES string of the molecule is CC(C)(C)OC(=O)N1CCC2(CC1)NC(=O)C1(CCCC1)N2. The molecule has 2 heterocycles. The van der Waals surface area contributed by atoms with Crippen LogP contribution >= 0.6 is 0 Å². The predicted molar refractivity (Wildman–Crippen MR) is 82.2 cm³/mol. The van der Waals surface area contributed by atoms with Crippen LogP contribution in [0.5, 0.6) is 0 Å². The summed E-state index contributed by atoms with van der Waals surface area (Å²) in [5.74, 6) is 0.149. The van der Waals surface area contributed by atoms with E-state index in [-0.39, 0.29) is 23.2 Å². The zero-order chi connectivity index (χ0) is 16.0. The molecule has 0 aromatic carbocycles. The van der Waals surface area contributed by atoms with E-state index in [1.54, 1.807) is 4.90 Å². The molecule has 124 valence electrons. The van der Waals surface area contributed by atoms with Crippen molar-refractivity contribution in [3.8, 4) is 0 Å². The lowest BCUT2D eigenvalue weighted by Gasteiger charge is -2.40. The monoisotopic (exact) mass is 309 g/mol. The summed E-state index contributed by atoms with van der Waals surface area (Å²) in [5.41, 5.74) is -1.16.